The summed E-state index contributed by atoms with van der Waals surface area (Å²) >= 11 is 0. The lowest BCUT2D eigenvalue weighted by molar-refractivity contribution is -0.134. The van der Waals surface area contributed by atoms with Crippen molar-refractivity contribution >= 4 is 23.4 Å². The number of hydrogen-bond donors (Lipinski definition) is 3. The van der Waals surface area contributed by atoms with Crippen LogP contribution in [0, 0.1) is 11.7 Å². The van der Waals surface area contributed by atoms with E-state index in [1.165, 1.54) is 12.1 Å². The number of halogens is 1. The zero-order chi connectivity index (χ0) is 21.8. The van der Waals surface area contributed by atoms with Gasteiger partial charge in [0, 0.05) is 57.9 Å². The molecule has 3 amide bonds. The Morgan fingerprint density at radius 1 is 1.10 bits per heavy atom. The molecule has 0 aromatic heterocycles. The second-order valence-corrected chi connectivity index (χ2v) is 8.62. The zero-order valence-electron chi connectivity index (χ0n) is 17.7. The fourth-order valence-corrected chi connectivity index (χ4v) is 4.58. The van der Waals surface area contributed by atoms with Gasteiger partial charge in [-0.15, -0.1) is 0 Å². The normalized spacial score (nSPS) is 23.5. The number of rotatable bonds is 5. The number of hydrogen-bond acceptors (Lipinski definition) is 6. The molecule has 1 unspecified atom stereocenters. The van der Waals surface area contributed by atoms with E-state index in [-0.39, 0.29) is 24.3 Å². The minimum absolute atomic E-state index is 0.0953. The summed E-state index contributed by atoms with van der Waals surface area (Å²) in [6.07, 6.45) is 2.52. The van der Waals surface area contributed by atoms with Crippen LogP contribution in [0.15, 0.2) is 18.2 Å². The Labute approximate surface area is 181 Å². The lowest BCUT2D eigenvalue weighted by Gasteiger charge is -2.37. The number of nitrogens with zero attached hydrogens (tertiary/aromatic N) is 2. The quantitative estimate of drug-likeness (QED) is 0.588. The summed E-state index contributed by atoms with van der Waals surface area (Å²) in [5.74, 6) is -1.50. The number of carbonyl (C=O) groups is 3. The molecule has 1 atom stereocenters. The van der Waals surface area contributed by atoms with Crippen molar-refractivity contribution in [3.8, 4) is 0 Å². The lowest BCUT2D eigenvalue weighted by Crippen LogP contribution is -2.52. The standard InChI is InChI=1S/C22H30FN5O3/c23-18-13-16(28-9-5-15(6-10-28)14-27-11-7-24-8-12-27)1-2-17(18)21(30)25-19-3-4-20(29)26-22(19)31/h1-2,13,15,19,24H,3-12,14H2,(H,25,30)(H,26,29,31). The van der Waals surface area contributed by atoms with Crippen LogP contribution < -0.4 is 20.9 Å². The van der Waals surface area contributed by atoms with Crippen molar-refractivity contribution in [2.45, 2.75) is 31.7 Å². The van der Waals surface area contributed by atoms with E-state index in [4.69, 9.17) is 0 Å². The number of imide groups is 1. The third kappa shape index (κ3) is 5.40. The summed E-state index contributed by atoms with van der Waals surface area (Å²) in [6.45, 7) is 7.20. The van der Waals surface area contributed by atoms with Gasteiger partial charge in [0.05, 0.1) is 5.56 Å². The largest absolute Gasteiger partial charge is 0.371 e. The third-order valence-corrected chi connectivity index (χ3v) is 6.45. The molecule has 3 saturated heterocycles. The molecule has 3 heterocycles. The Bertz CT molecular complexity index is 834. The van der Waals surface area contributed by atoms with Crippen LogP contribution in [0.1, 0.15) is 36.0 Å². The fraction of sp³-hybridized carbons (Fsp3) is 0.591. The second kappa shape index (κ2) is 9.74. The van der Waals surface area contributed by atoms with Gasteiger partial charge < -0.3 is 20.4 Å². The van der Waals surface area contributed by atoms with Crippen LogP contribution in [0.2, 0.25) is 0 Å². The highest BCUT2D eigenvalue weighted by molar-refractivity contribution is 6.03. The average molecular weight is 432 g/mol. The van der Waals surface area contributed by atoms with Gasteiger partial charge in [-0.25, -0.2) is 4.39 Å². The summed E-state index contributed by atoms with van der Waals surface area (Å²) < 4.78 is 14.7. The second-order valence-electron chi connectivity index (χ2n) is 8.62. The topological polar surface area (TPSA) is 93.8 Å². The molecule has 8 nitrogen and oxygen atoms in total. The first-order valence-electron chi connectivity index (χ1n) is 11.1. The van der Waals surface area contributed by atoms with Crippen molar-refractivity contribution in [2.75, 3.05) is 50.7 Å². The van der Waals surface area contributed by atoms with Crippen LogP contribution in [0.3, 0.4) is 0 Å². The molecule has 9 heteroatoms. The Balaban J connectivity index is 1.31. The smallest absolute Gasteiger partial charge is 0.254 e. The number of piperazine rings is 1. The minimum Gasteiger partial charge on any atom is -0.371 e. The molecule has 3 N–H and O–H groups in total. The monoisotopic (exact) mass is 431 g/mol. The van der Waals surface area contributed by atoms with Gasteiger partial charge >= 0.3 is 0 Å². The summed E-state index contributed by atoms with van der Waals surface area (Å²) in [6, 6.07) is 3.81. The lowest BCUT2D eigenvalue weighted by atomic mass is 9.95. The van der Waals surface area contributed by atoms with Crippen molar-refractivity contribution in [2.24, 2.45) is 5.92 Å². The van der Waals surface area contributed by atoms with E-state index in [0.717, 1.165) is 64.3 Å². The molecule has 3 fully saturated rings. The first-order chi connectivity index (χ1) is 15.0. The Kier molecular flexibility index (Phi) is 6.82. The van der Waals surface area contributed by atoms with Crippen LogP contribution in [0.4, 0.5) is 10.1 Å². The molecule has 3 aliphatic heterocycles. The van der Waals surface area contributed by atoms with E-state index >= 15 is 0 Å². The minimum atomic E-state index is -0.820. The summed E-state index contributed by atoms with van der Waals surface area (Å²) in [5.41, 5.74) is 0.678. The third-order valence-electron chi connectivity index (χ3n) is 6.45. The Morgan fingerprint density at radius 3 is 2.52 bits per heavy atom. The van der Waals surface area contributed by atoms with Gasteiger partial charge in [0.2, 0.25) is 11.8 Å². The van der Waals surface area contributed by atoms with E-state index in [0.29, 0.717) is 5.92 Å². The maximum Gasteiger partial charge on any atom is 0.254 e. The Morgan fingerprint density at radius 2 is 1.84 bits per heavy atom. The van der Waals surface area contributed by atoms with Gasteiger partial charge in [0.15, 0.2) is 0 Å². The van der Waals surface area contributed by atoms with Crippen LogP contribution in [-0.4, -0.2) is 74.5 Å². The molecular formula is C22H30FN5O3. The number of anilines is 1. The summed E-state index contributed by atoms with van der Waals surface area (Å²) in [5, 5.41) is 8.08. The molecule has 1 aromatic carbocycles. The predicted octanol–water partition coefficient (Wildman–Crippen LogP) is 0.482. The first-order valence-corrected chi connectivity index (χ1v) is 11.1. The van der Waals surface area contributed by atoms with Crippen molar-refractivity contribution in [3.05, 3.63) is 29.6 Å². The van der Waals surface area contributed by atoms with E-state index in [1.54, 1.807) is 6.07 Å². The SMILES string of the molecule is O=C1CCC(NC(=O)c2ccc(N3CCC(CN4CCNCC4)CC3)cc2F)C(=O)N1. The van der Waals surface area contributed by atoms with Crippen LogP contribution >= 0.6 is 0 Å². The maximum atomic E-state index is 14.7. The molecule has 0 bridgehead atoms. The zero-order valence-corrected chi connectivity index (χ0v) is 17.7. The molecule has 3 aliphatic rings. The van der Waals surface area contributed by atoms with Gasteiger partial charge in [-0.05, 0) is 43.4 Å². The molecule has 4 rings (SSSR count). The molecule has 0 aliphatic carbocycles. The van der Waals surface area contributed by atoms with Crippen molar-refractivity contribution < 1.29 is 18.8 Å². The number of carbonyl (C=O) groups excluding carboxylic acids is 3. The number of amides is 3. The summed E-state index contributed by atoms with van der Waals surface area (Å²) in [4.78, 5) is 40.2. The van der Waals surface area contributed by atoms with Crippen molar-refractivity contribution in [1.29, 1.82) is 0 Å². The molecule has 0 spiro atoms. The van der Waals surface area contributed by atoms with Crippen LogP contribution in [0.5, 0.6) is 0 Å². The van der Waals surface area contributed by atoms with E-state index < -0.39 is 23.7 Å². The van der Waals surface area contributed by atoms with E-state index in [2.05, 4.69) is 25.8 Å². The highest BCUT2D eigenvalue weighted by Gasteiger charge is 2.29. The van der Waals surface area contributed by atoms with Crippen LogP contribution in [-0.2, 0) is 9.59 Å². The van der Waals surface area contributed by atoms with Gasteiger partial charge in [0.25, 0.3) is 5.91 Å². The van der Waals surface area contributed by atoms with E-state index in [1.807, 2.05) is 0 Å². The number of benzene rings is 1. The highest BCUT2D eigenvalue weighted by Crippen LogP contribution is 2.26. The first kappa shape index (κ1) is 21.7. The van der Waals surface area contributed by atoms with Crippen LogP contribution in [0.25, 0.3) is 0 Å². The average Bonchev–Trinajstić information content (AvgIpc) is 2.77. The maximum absolute atomic E-state index is 14.7. The van der Waals surface area contributed by atoms with Crippen molar-refractivity contribution in [1.82, 2.24) is 20.9 Å². The highest BCUT2D eigenvalue weighted by atomic mass is 19.1. The predicted molar refractivity (Wildman–Crippen MR) is 114 cm³/mol. The van der Waals surface area contributed by atoms with E-state index in [9.17, 15) is 18.8 Å². The molecule has 168 valence electrons. The molecule has 0 saturated carbocycles. The van der Waals surface area contributed by atoms with Gasteiger partial charge in [0.1, 0.15) is 11.9 Å². The fourth-order valence-electron chi connectivity index (χ4n) is 4.58. The number of nitrogens with one attached hydrogen (secondary N) is 3. The van der Waals surface area contributed by atoms with Gasteiger partial charge in [-0.2, -0.15) is 0 Å². The molecular weight excluding hydrogens is 401 g/mol. The van der Waals surface area contributed by atoms with Gasteiger partial charge in [-0.1, -0.05) is 0 Å². The molecule has 0 radical (unpaired) electrons. The van der Waals surface area contributed by atoms with Gasteiger partial charge in [-0.3, -0.25) is 19.7 Å². The molecule has 1 aromatic rings. The summed E-state index contributed by atoms with van der Waals surface area (Å²) in [7, 11) is 0. The Hall–Kier alpha value is -2.52. The molecule has 31 heavy (non-hydrogen) atoms. The number of piperidine rings is 2. The van der Waals surface area contributed by atoms with Crippen molar-refractivity contribution in [3.63, 3.8) is 0 Å².